The number of carbonyl (C=O) groups is 1. The summed E-state index contributed by atoms with van der Waals surface area (Å²) < 4.78 is 0.720. The Morgan fingerprint density at radius 1 is 1.27 bits per heavy atom. The summed E-state index contributed by atoms with van der Waals surface area (Å²) in [4.78, 5) is 15.1. The number of nitrogens with one attached hydrogen (secondary N) is 1. The first kappa shape index (κ1) is 20.2. The summed E-state index contributed by atoms with van der Waals surface area (Å²) in [5.74, 6) is 0.128. The van der Waals surface area contributed by atoms with Crippen LogP contribution >= 0.6 is 34.4 Å². The fourth-order valence-corrected chi connectivity index (χ4v) is 4.42. The molecular weight excluding hydrogens is 388 g/mol. The van der Waals surface area contributed by atoms with Crippen molar-refractivity contribution in [2.24, 2.45) is 0 Å². The quantitative estimate of drug-likeness (QED) is 0.572. The van der Waals surface area contributed by atoms with E-state index in [9.17, 15) is 4.79 Å². The van der Waals surface area contributed by atoms with Crippen LogP contribution in [-0.2, 0) is 11.2 Å². The van der Waals surface area contributed by atoms with Crippen molar-refractivity contribution in [1.82, 2.24) is 15.1 Å². The smallest absolute Gasteiger partial charge is 0.233 e. The third-order valence-electron chi connectivity index (χ3n) is 3.29. The molecule has 0 radical (unpaired) electrons. The van der Waals surface area contributed by atoms with Crippen molar-refractivity contribution in [1.29, 1.82) is 10.5 Å². The Kier molecular flexibility index (Phi) is 8.90. The molecule has 0 spiro atoms. The van der Waals surface area contributed by atoms with E-state index in [0.717, 1.165) is 22.4 Å². The largest absolute Gasteiger partial charge is 0.360 e. The highest BCUT2D eigenvalue weighted by atomic mass is 32.2. The van der Waals surface area contributed by atoms with Gasteiger partial charge in [-0.25, -0.2) is 0 Å². The monoisotopic (exact) mass is 406 g/mol. The Morgan fingerprint density at radius 2 is 2.04 bits per heavy atom. The summed E-state index contributed by atoms with van der Waals surface area (Å²) in [5, 5.41) is 31.6. The van der Waals surface area contributed by atoms with E-state index in [1.807, 2.05) is 18.2 Å². The second-order valence-electron chi connectivity index (χ2n) is 5.11. The van der Waals surface area contributed by atoms with Crippen molar-refractivity contribution in [2.45, 2.75) is 23.6 Å². The minimum atomic E-state index is -0.0945. The number of amides is 1. The van der Waals surface area contributed by atoms with Crippen molar-refractivity contribution >= 4 is 45.5 Å². The first-order chi connectivity index (χ1) is 12.7. The summed E-state index contributed by atoms with van der Waals surface area (Å²) >= 11 is 4.47. The second kappa shape index (κ2) is 11.5. The van der Waals surface area contributed by atoms with E-state index in [1.165, 1.54) is 28.0 Å². The number of anilines is 1. The highest BCUT2D eigenvalue weighted by Crippen LogP contribution is 2.25. The second-order valence-corrected chi connectivity index (χ2v) is 8.35. The zero-order valence-electron chi connectivity index (χ0n) is 14.1. The Hall–Kier alpha value is -2.14. The van der Waals surface area contributed by atoms with E-state index < -0.39 is 0 Å². The lowest BCUT2D eigenvalue weighted by atomic mass is 10.3. The molecule has 2 aromatic rings. The number of rotatable bonds is 11. The molecule has 10 heteroatoms. The van der Waals surface area contributed by atoms with Crippen molar-refractivity contribution in [3.8, 4) is 12.1 Å². The van der Waals surface area contributed by atoms with Gasteiger partial charge in [-0.15, -0.1) is 21.5 Å². The average molecular weight is 407 g/mol. The first-order valence-corrected chi connectivity index (χ1v) is 10.7. The van der Waals surface area contributed by atoms with Crippen LogP contribution in [0.15, 0.2) is 21.9 Å². The first-order valence-electron chi connectivity index (χ1n) is 7.97. The molecule has 26 heavy (non-hydrogen) atoms. The van der Waals surface area contributed by atoms with Gasteiger partial charge in [0.2, 0.25) is 11.0 Å². The van der Waals surface area contributed by atoms with Gasteiger partial charge in [-0.3, -0.25) is 4.79 Å². The summed E-state index contributed by atoms with van der Waals surface area (Å²) in [6, 6.07) is 8.19. The van der Waals surface area contributed by atoms with E-state index in [0.29, 0.717) is 13.1 Å². The zero-order chi connectivity index (χ0) is 18.6. The molecule has 2 heterocycles. The van der Waals surface area contributed by atoms with E-state index in [-0.39, 0.29) is 24.5 Å². The predicted octanol–water partition coefficient (Wildman–Crippen LogP) is 3.00. The van der Waals surface area contributed by atoms with E-state index in [2.05, 4.69) is 27.0 Å². The molecule has 0 unspecified atom stereocenters. The van der Waals surface area contributed by atoms with Gasteiger partial charge in [0.25, 0.3) is 0 Å². The van der Waals surface area contributed by atoms with Crippen molar-refractivity contribution < 1.29 is 4.79 Å². The summed E-state index contributed by atoms with van der Waals surface area (Å²) in [6.07, 6.45) is 1.46. The Labute approximate surface area is 164 Å². The maximum Gasteiger partial charge on any atom is 0.233 e. The van der Waals surface area contributed by atoms with Crippen LogP contribution < -0.4 is 5.32 Å². The van der Waals surface area contributed by atoms with E-state index in [4.69, 9.17) is 10.5 Å². The molecule has 0 aliphatic carbocycles. The summed E-state index contributed by atoms with van der Waals surface area (Å²) in [7, 11) is 0. The zero-order valence-corrected chi connectivity index (χ0v) is 16.5. The third kappa shape index (κ3) is 7.00. The van der Waals surface area contributed by atoms with Gasteiger partial charge in [0.15, 0.2) is 4.34 Å². The SMILES string of the molecule is N#CCCN(CCC#N)C(=O)CSc1nnc(NCCc2cccs2)s1. The minimum Gasteiger partial charge on any atom is -0.360 e. The molecule has 136 valence electrons. The van der Waals surface area contributed by atoms with Gasteiger partial charge in [-0.2, -0.15) is 10.5 Å². The van der Waals surface area contributed by atoms with Crippen LogP contribution in [0.4, 0.5) is 5.13 Å². The van der Waals surface area contributed by atoms with Gasteiger partial charge in [-0.05, 0) is 17.9 Å². The number of aromatic nitrogens is 2. The highest BCUT2D eigenvalue weighted by molar-refractivity contribution is 8.01. The average Bonchev–Trinajstić information content (AvgIpc) is 3.32. The van der Waals surface area contributed by atoms with Crippen LogP contribution in [0.3, 0.4) is 0 Å². The highest BCUT2D eigenvalue weighted by Gasteiger charge is 2.15. The lowest BCUT2D eigenvalue weighted by molar-refractivity contribution is -0.128. The maximum atomic E-state index is 12.3. The van der Waals surface area contributed by atoms with Crippen molar-refractivity contribution in [3.63, 3.8) is 0 Å². The normalized spacial score (nSPS) is 10.1. The van der Waals surface area contributed by atoms with E-state index >= 15 is 0 Å². The van der Waals surface area contributed by atoms with E-state index in [1.54, 1.807) is 16.2 Å². The molecule has 0 aromatic carbocycles. The molecule has 0 aliphatic rings. The molecule has 1 amide bonds. The van der Waals surface area contributed by atoms with Gasteiger partial charge < -0.3 is 10.2 Å². The standard InChI is InChI=1S/C16H18N6OS3/c17-6-2-9-22(10-3-7-18)14(23)12-25-16-21-20-15(26-16)19-8-5-13-4-1-11-24-13/h1,4,11H,2-3,5,8-10,12H2,(H,19,20). The van der Waals surface area contributed by atoms with Gasteiger partial charge in [-0.1, -0.05) is 29.2 Å². The fraction of sp³-hybridized carbons (Fsp3) is 0.438. The van der Waals surface area contributed by atoms with Crippen LogP contribution in [0.5, 0.6) is 0 Å². The van der Waals surface area contributed by atoms with Crippen molar-refractivity contribution in [3.05, 3.63) is 22.4 Å². The Bertz CT molecular complexity index is 744. The van der Waals surface area contributed by atoms with Crippen LogP contribution in [0.2, 0.25) is 0 Å². The fourth-order valence-electron chi connectivity index (χ4n) is 2.03. The molecule has 0 fully saturated rings. The minimum absolute atomic E-state index is 0.0945. The number of carbonyl (C=O) groups excluding carboxylic acids is 1. The molecule has 1 N–H and O–H groups in total. The predicted molar refractivity (Wildman–Crippen MR) is 104 cm³/mol. The summed E-state index contributed by atoms with van der Waals surface area (Å²) in [5.41, 5.74) is 0. The Morgan fingerprint density at radius 3 is 2.69 bits per heavy atom. The van der Waals surface area contributed by atoms with Gasteiger partial charge in [0, 0.05) is 24.5 Å². The molecule has 0 saturated carbocycles. The molecule has 0 atom stereocenters. The number of thiophene rings is 1. The number of hydrogen-bond donors (Lipinski definition) is 1. The molecule has 2 aromatic heterocycles. The van der Waals surface area contributed by atoms with Gasteiger partial charge in [0.05, 0.1) is 30.7 Å². The number of nitrogens with zero attached hydrogens (tertiary/aromatic N) is 5. The van der Waals surface area contributed by atoms with Gasteiger partial charge >= 0.3 is 0 Å². The van der Waals surface area contributed by atoms with Crippen LogP contribution in [0.25, 0.3) is 0 Å². The third-order valence-corrected chi connectivity index (χ3v) is 6.23. The summed E-state index contributed by atoms with van der Waals surface area (Å²) in [6.45, 7) is 1.49. The lowest BCUT2D eigenvalue weighted by Crippen LogP contribution is -2.34. The molecule has 0 aliphatic heterocycles. The Balaban J connectivity index is 1.75. The molecular formula is C16H18N6OS3. The lowest BCUT2D eigenvalue weighted by Gasteiger charge is -2.19. The molecule has 2 rings (SSSR count). The van der Waals surface area contributed by atoms with Gasteiger partial charge in [0.1, 0.15) is 0 Å². The molecule has 0 saturated heterocycles. The van der Waals surface area contributed by atoms with Crippen molar-refractivity contribution in [2.75, 3.05) is 30.7 Å². The molecule has 7 nitrogen and oxygen atoms in total. The van der Waals surface area contributed by atoms with Crippen LogP contribution in [-0.4, -0.2) is 46.4 Å². The number of hydrogen-bond acceptors (Lipinski definition) is 9. The maximum absolute atomic E-state index is 12.3. The van der Waals surface area contributed by atoms with Crippen LogP contribution in [0.1, 0.15) is 17.7 Å². The van der Waals surface area contributed by atoms with Crippen LogP contribution in [0, 0.1) is 22.7 Å². The molecule has 0 bridgehead atoms. The topological polar surface area (TPSA) is 106 Å². The number of thioether (sulfide) groups is 1. The number of nitriles is 2.